The van der Waals surface area contributed by atoms with Crippen molar-refractivity contribution >= 4 is 23.2 Å². The molecule has 1 aromatic carbocycles. The Hall–Kier alpha value is -1.92. The van der Waals surface area contributed by atoms with Crippen molar-refractivity contribution in [3.8, 4) is 0 Å². The van der Waals surface area contributed by atoms with Crippen LogP contribution < -0.4 is 10.2 Å². The number of fused-ring (bicyclic) bond motifs is 1. The highest BCUT2D eigenvalue weighted by Crippen LogP contribution is 2.45. The number of hydrogen-bond acceptors (Lipinski definition) is 4. The molecular formula is C23H32N4O2. The molecule has 2 aliphatic carbocycles. The summed E-state index contributed by atoms with van der Waals surface area (Å²) in [7, 11) is 0. The second-order valence-electron chi connectivity index (χ2n) is 9.19. The van der Waals surface area contributed by atoms with Gasteiger partial charge in [0, 0.05) is 32.2 Å². The summed E-state index contributed by atoms with van der Waals surface area (Å²) >= 11 is 0. The van der Waals surface area contributed by atoms with Crippen molar-refractivity contribution in [3.05, 3.63) is 24.3 Å². The molecule has 0 radical (unpaired) electrons. The molecule has 2 saturated carbocycles. The molecule has 0 unspecified atom stereocenters. The fourth-order valence-corrected chi connectivity index (χ4v) is 5.95. The van der Waals surface area contributed by atoms with E-state index in [0.29, 0.717) is 6.54 Å². The van der Waals surface area contributed by atoms with Gasteiger partial charge in [-0.2, -0.15) is 0 Å². The van der Waals surface area contributed by atoms with Gasteiger partial charge in [-0.3, -0.25) is 24.3 Å². The highest BCUT2D eigenvalue weighted by molar-refractivity contribution is 6.15. The Kier molecular flexibility index (Phi) is 5.08. The molecule has 1 N–H and O–H groups in total. The Bertz CT molecular complexity index is 775. The van der Waals surface area contributed by atoms with E-state index in [1.54, 1.807) is 0 Å². The van der Waals surface area contributed by atoms with E-state index in [9.17, 15) is 9.59 Å². The third-order valence-electron chi connectivity index (χ3n) is 7.53. The van der Waals surface area contributed by atoms with E-state index in [1.807, 2.05) is 29.2 Å². The summed E-state index contributed by atoms with van der Waals surface area (Å²) in [5.74, 6) is 0.0663. The Morgan fingerprint density at radius 3 is 2.41 bits per heavy atom. The van der Waals surface area contributed by atoms with E-state index in [-0.39, 0.29) is 11.8 Å². The number of para-hydroxylation sites is 2. The van der Waals surface area contributed by atoms with Crippen LogP contribution in [-0.2, 0) is 9.59 Å². The van der Waals surface area contributed by atoms with E-state index < -0.39 is 5.54 Å². The van der Waals surface area contributed by atoms with Crippen LogP contribution in [-0.4, -0.2) is 65.9 Å². The van der Waals surface area contributed by atoms with Crippen LogP contribution in [0.15, 0.2) is 24.3 Å². The predicted octanol–water partition coefficient (Wildman–Crippen LogP) is 2.84. The second kappa shape index (κ2) is 7.73. The van der Waals surface area contributed by atoms with Gasteiger partial charge in [0.25, 0.3) is 5.91 Å². The molecule has 2 aliphatic heterocycles. The molecule has 2 heterocycles. The van der Waals surface area contributed by atoms with Crippen LogP contribution >= 0.6 is 0 Å². The quantitative estimate of drug-likeness (QED) is 0.854. The number of hydrogen-bond donors (Lipinski definition) is 1. The van der Waals surface area contributed by atoms with Gasteiger partial charge in [-0.25, -0.2) is 0 Å². The zero-order chi connectivity index (χ0) is 19.8. The summed E-state index contributed by atoms with van der Waals surface area (Å²) in [5.41, 5.74) is 0.926. The topological polar surface area (TPSA) is 55.9 Å². The third-order valence-corrected chi connectivity index (χ3v) is 7.53. The normalized spacial score (nSPS) is 25.4. The fraction of sp³-hybridized carbons (Fsp3) is 0.652. The number of amides is 2. The molecule has 3 fully saturated rings. The van der Waals surface area contributed by atoms with Gasteiger partial charge in [0.1, 0.15) is 5.54 Å². The molecule has 1 spiro atoms. The first kappa shape index (κ1) is 19.1. The lowest BCUT2D eigenvalue weighted by molar-refractivity contribution is -0.128. The highest BCUT2D eigenvalue weighted by Gasteiger charge is 2.52. The molecule has 29 heavy (non-hydrogen) atoms. The molecule has 156 valence electrons. The largest absolute Gasteiger partial charge is 0.322 e. The van der Waals surface area contributed by atoms with Crippen molar-refractivity contribution < 1.29 is 9.59 Å². The number of benzene rings is 1. The highest BCUT2D eigenvalue weighted by atomic mass is 16.2. The molecule has 6 heteroatoms. The predicted molar refractivity (Wildman–Crippen MR) is 114 cm³/mol. The number of anilines is 2. The Morgan fingerprint density at radius 1 is 1.00 bits per heavy atom. The Labute approximate surface area is 173 Å². The van der Waals surface area contributed by atoms with E-state index in [4.69, 9.17) is 0 Å². The van der Waals surface area contributed by atoms with E-state index in [2.05, 4.69) is 15.1 Å². The first-order chi connectivity index (χ1) is 14.2. The maximum atomic E-state index is 13.6. The van der Waals surface area contributed by atoms with Crippen LogP contribution in [0, 0.1) is 0 Å². The minimum Gasteiger partial charge on any atom is -0.322 e. The van der Waals surface area contributed by atoms with Crippen LogP contribution in [0.2, 0.25) is 0 Å². The summed E-state index contributed by atoms with van der Waals surface area (Å²) < 4.78 is 0. The van der Waals surface area contributed by atoms with Crippen molar-refractivity contribution in [2.45, 2.75) is 62.9 Å². The van der Waals surface area contributed by atoms with Crippen molar-refractivity contribution in [3.63, 3.8) is 0 Å². The molecule has 0 bridgehead atoms. The van der Waals surface area contributed by atoms with E-state index in [1.165, 1.54) is 25.7 Å². The summed E-state index contributed by atoms with van der Waals surface area (Å²) in [6.07, 6.45) is 8.91. The number of piperazine rings is 1. The lowest BCUT2D eigenvalue weighted by atomic mass is 9.89. The number of carbonyl (C=O) groups excluding carboxylic acids is 2. The standard InChI is InChI=1S/C23H32N4O2/c28-21(17-25-13-15-26(16-14-25)18-7-1-2-8-18)27-20-10-4-3-9-19(20)24-22(29)23(27)11-5-6-12-23/h3-4,9-10,18H,1-2,5-8,11-17H2,(H,24,29). The van der Waals surface area contributed by atoms with Gasteiger partial charge in [-0.15, -0.1) is 0 Å². The number of nitrogens with zero attached hydrogens (tertiary/aromatic N) is 3. The maximum absolute atomic E-state index is 13.6. The lowest BCUT2D eigenvalue weighted by Crippen LogP contribution is -2.62. The fourth-order valence-electron chi connectivity index (χ4n) is 5.95. The monoisotopic (exact) mass is 396 g/mol. The van der Waals surface area contributed by atoms with Gasteiger partial charge in [-0.1, -0.05) is 37.8 Å². The van der Waals surface area contributed by atoms with Crippen LogP contribution in [0.25, 0.3) is 0 Å². The minimum absolute atomic E-state index is 0.00639. The summed E-state index contributed by atoms with van der Waals surface area (Å²) in [6.45, 7) is 4.40. The van der Waals surface area contributed by atoms with Gasteiger partial charge in [0.2, 0.25) is 5.91 Å². The van der Waals surface area contributed by atoms with E-state index >= 15 is 0 Å². The first-order valence-corrected chi connectivity index (χ1v) is 11.4. The van der Waals surface area contributed by atoms with Crippen molar-refractivity contribution in [1.82, 2.24) is 9.80 Å². The Balaban J connectivity index is 1.32. The van der Waals surface area contributed by atoms with Gasteiger partial charge < -0.3 is 5.32 Å². The minimum atomic E-state index is -0.697. The molecule has 1 aromatic rings. The summed E-state index contributed by atoms with van der Waals surface area (Å²) in [4.78, 5) is 33.4. The molecule has 4 aliphatic rings. The second-order valence-corrected chi connectivity index (χ2v) is 9.19. The summed E-state index contributed by atoms with van der Waals surface area (Å²) in [5, 5.41) is 3.07. The zero-order valence-corrected chi connectivity index (χ0v) is 17.2. The molecule has 0 aromatic heterocycles. The van der Waals surface area contributed by atoms with Crippen LogP contribution in [0.5, 0.6) is 0 Å². The maximum Gasteiger partial charge on any atom is 0.250 e. The van der Waals surface area contributed by atoms with Crippen LogP contribution in [0.4, 0.5) is 11.4 Å². The molecule has 2 amide bonds. The average molecular weight is 397 g/mol. The van der Waals surface area contributed by atoms with E-state index in [0.717, 1.165) is 69.3 Å². The molecule has 1 saturated heterocycles. The number of rotatable bonds is 3. The van der Waals surface area contributed by atoms with Gasteiger partial charge >= 0.3 is 0 Å². The van der Waals surface area contributed by atoms with Gasteiger partial charge in [-0.05, 0) is 37.8 Å². The first-order valence-electron chi connectivity index (χ1n) is 11.4. The molecule has 5 rings (SSSR count). The molecular weight excluding hydrogens is 364 g/mol. The third kappa shape index (κ3) is 3.36. The number of nitrogens with one attached hydrogen (secondary N) is 1. The van der Waals surface area contributed by atoms with Crippen molar-refractivity contribution in [2.75, 3.05) is 42.9 Å². The summed E-state index contributed by atoms with van der Waals surface area (Å²) in [6, 6.07) is 8.50. The zero-order valence-electron chi connectivity index (χ0n) is 17.2. The smallest absolute Gasteiger partial charge is 0.250 e. The molecule has 0 atom stereocenters. The van der Waals surface area contributed by atoms with Gasteiger partial charge in [0.15, 0.2) is 0 Å². The lowest BCUT2D eigenvalue weighted by Gasteiger charge is -2.45. The van der Waals surface area contributed by atoms with Crippen LogP contribution in [0.1, 0.15) is 51.4 Å². The van der Waals surface area contributed by atoms with Gasteiger partial charge in [0.05, 0.1) is 17.9 Å². The number of carbonyl (C=O) groups is 2. The van der Waals surface area contributed by atoms with Crippen molar-refractivity contribution in [1.29, 1.82) is 0 Å². The SMILES string of the molecule is O=C(CN1CCN(C2CCCC2)CC1)N1c2ccccc2NC(=O)C12CCCC2. The van der Waals surface area contributed by atoms with Crippen molar-refractivity contribution in [2.24, 2.45) is 0 Å². The molecule has 6 nitrogen and oxygen atoms in total. The average Bonchev–Trinajstić information content (AvgIpc) is 3.43. The Morgan fingerprint density at radius 2 is 1.69 bits per heavy atom. The van der Waals surface area contributed by atoms with Crippen LogP contribution in [0.3, 0.4) is 0 Å².